The monoisotopic (exact) mass is 279 g/mol. The van der Waals surface area contributed by atoms with Gasteiger partial charge in [0.25, 0.3) is 0 Å². The van der Waals surface area contributed by atoms with Gasteiger partial charge in [-0.1, -0.05) is 0 Å². The molecule has 0 unspecified atom stereocenters. The molecule has 0 atom stereocenters. The molecule has 1 N–H and O–H groups in total. The molecule has 0 aliphatic carbocycles. The van der Waals surface area contributed by atoms with Crippen LogP contribution in [-0.4, -0.2) is 21.1 Å². The van der Waals surface area contributed by atoms with Gasteiger partial charge in [-0.05, 0) is 0 Å². The standard InChI is InChI=1S/C3H9N.Cd.3ClH/c1-4(2)3;;;;/h1-3H3;;3*1H/q;+2;;;/p-2. The van der Waals surface area contributed by atoms with Crippen molar-refractivity contribution in [1.82, 2.24) is 0 Å². The van der Waals surface area contributed by atoms with Crippen molar-refractivity contribution in [1.29, 1.82) is 0 Å². The zero-order valence-corrected chi connectivity index (χ0v) is 11.6. The second kappa shape index (κ2) is 8.75. The maximum absolute atomic E-state index is 5.03. The molecule has 0 rings (SSSR count). The second-order valence-electron chi connectivity index (χ2n) is 1.80. The first-order valence-corrected chi connectivity index (χ1v) is 17.6. The first kappa shape index (κ1) is 12.4. The first-order chi connectivity index (χ1) is 3.46. The molecule has 0 aliphatic heterocycles. The summed E-state index contributed by atoms with van der Waals surface area (Å²) in [5.74, 6) is 0. The van der Waals surface area contributed by atoms with E-state index < -0.39 is 19.0 Å². The van der Waals surface area contributed by atoms with Gasteiger partial charge in [-0.25, -0.2) is 0 Å². The summed E-state index contributed by atoms with van der Waals surface area (Å²) in [6, 6.07) is 0. The summed E-state index contributed by atoms with van der Waals surface area (Å²) < 4.78 is 0. The molecule has 0 aromatic carbocycles. The third-order valence-corrected chi connectivity index (χ3v) is 0. The summed E-state index contributed by atoms with van der Waals surface area (Å²) in [6.07, 6.45) is 0. The van der Waals surface area contributed by atoms with Crippen LogP contribution in [0.15, 0.2) is 0 Å². The van der Waals surface area contributed by atoms with Crippen LogP contribution >= 0.6 is 24.9 Å². The van der Waals surface area contributed by atoms with Crippen molar-refractivity contribution in [2.45, 2.75) is 0 Å². The molecule has 0 saturated heterocycles. The van der Waals surface area contributed by atoms with Crippen LogP contribution in [-0.2, 0) is 19.0 Å². The predicted molar refractivity (Wildman–Crippen MR) is 36.3 cm³/mol. The van der Waals surface area contributed by atoms with E-state index in [9.17, 15) is 0 Å². The molecule has 50 valence electrons. The van der Waals surface area contributed by atoms with E-state index in [1.54, 1.807) is 0 Å². The zero-order valence-electron chi connectivity index (χ0n) is 5.34. The van der Waals surface area contributed by atoms with Crippen molar-refractivity contribution < 1.29 is 23.9 Å². The molecule has 0 aromatic heterocycles. The third-order valence-electron chi connectivity index (χ3n) is 0. The Labute approximate surface area is 69.4 Å². The number of quaternary nitrogens is 1. The Bertz CT molecular complexity index is 30.0. The van der Waals surface area contributed by atoms with Crippen molar-refractivity contribution in [3.63, 3.8) is 0 Å². The Balaban J connectivity index is 0. The Morgan fingerprint density at radius 3 is 1.00 bits per heavy atom. The second-order valence-corrected chi connectivity index (χ2v) is 19.8. The molecule has 0 amide bonds. The van der Waals surface area contributed by atoms with Crippen molar-refractivity contribution >= 4 is 24.9 Å². The van der Waals surface area contributed by atoms with E-state index in [2.05, 4.69) is 21.1 Å². The van der Waals surface area contributed by atoms with Gasteiger partial charge in [-0.2, -0.15) is 0 Å². The molecular formula is C3H10CdCl3N. The van der Waals surface area contributed by atoms with Gasteiger partial charge in [-0.15, -0.1) is 0 Å². The van der Waals surface area contributed by atoms with Gasteiger partial charge in [-0.3, -0.25) is 0 Å². The average molecular weight is 279 g/mol. The van der Waals surface area contributed by atoms with Gasteiger partial charge in [0.05, 0.1) is 21.1 Å². The van der Waals surface area contributed by atoms with Crippen LogP contribution in [0.1, 0.15) is 0 Å². The fraction of sp³-hybridized carbons (Fsp3) is 1.00. The third kappa shape index (κ3) is 115. The average Bonchev–Trinajstić information content (AvgIpc) is 1.25. The summed E-state index contributed by atoms with van der Waals surface area (Å²) in [5.41, 5.74) is 0. The van der Waals surface area contributed by atoms with E-state index in [4.69, 9.17) is 24.9 Å². The molecule has 0 radical (unpaired) electrons. The summed E-state index contributed by atoms with van der Waals surface area (Å²) >= 11 is -2.31. The van der Waals surface area contributed by atoms with Crippen LogP contribution in [0.5, 0.6) is 0 Å². The quantitative estimate of drug-likeness (QED) is 0.626. The number of rotatable bonds is 0. The molecule has 0 heterocycles. The van der Waals surface area contributed by atoms with Crippen LogP contribution < -0.4 is 4.90 Å². The molecule has 0 spiro atoms. The fourth-order valence-corrected chi connectivity index (χ4v) is 0. The SMILES string of the molecule is C[NH+](C)C.[Cl][Cd-]([Cl])[Cl]. The van der Waals surface area contributed by atoms with Crippen LogP contribution in [0.25, 0.3) is 0 Å². The van der Waals surface area contributed by atoms with Crippen LogP contribution in [0.3, 0.4) is 0 Å². The molecule has 0 bridgehead atoms. The van der Waals surface area contributed by atoms with Gasteiger partial charge < -0.3 is 4.90 Å². The van der Waals surface area contributed by atoms with Crippen molar-refractivity contribution in [3.8, 4) is 0 Å². The van der Waals surface area contributed by atoms with E-state index in [1.807, 2.05) is 0 Å². The van der Waals surface area contributed by atoms with Crippen LogP contribution in [0.4, 0.5) is 0 Å². The molecule has 1 nitrogen and oxygen atoms in total. The van der Waals surface area contributed by atoms with Gasteiger partial charge in [0.15, 0.2) is 0 Å². The number of hydrogen-bond donors (Lipinski definition) is 1. The summed E-state index contributed by atoms with van der Waals surface area (Å²) in [7, 11) is 21.3. The van der Waals surface area contributed by atoms with E-state index in [-0.39, 0.29) is 0 Å². The fourth-order valence-electron chi connectivity index (χ4n) is 0. The Hall–Kier alpha value is 1.75. The Morgan fingerprint density at radius 2 is 1.00 bits per heavy atom. The molecule has 8 heavy (non-hydrogen) atoms. The molecule has 0 fully saturated rings. The molecular weight excluding hydrogens is 269 g/mol. The van der Waals surface area contributed by atoms with E-state index in [1.165, 1.54) is 4.90 Å². The number of nitrogens with one attached hydrogen (secondary N) is 1. The van der Waals surface area contributed by atoms with E-state index >= 15 is 0 Å². The molecule has 5 heteroatoms. The first-order valence-electron chi connectivity index (χ1n) is 2.30. The normalized spacial score (nSPS) is 7.88. The van der Waals surface area contributed by atoms with Gasteiger partial charge in [0.1, 0.15) is 0 Å². The zero-order chi connectivity index (χ0) is 7.15. The van der Waals surface area contributed by atoms with Crippen molar-refractivity contribution in [3.05, 3.63) is 0 Å². The Kier molecular flexibility index (Phi) is 13.6. The number of halogens is 3. The van der Waals surface area contributed by atoms with Crippen molar-refractivity contribution in [2.24, 2.45) is 0 Å². The summed E-state index contributed by atoms with van der Waals surface area (Å²) in [5, 5.41) is 0. The van der Waals surface area contributed by atoms with Crippen molar-refractivity contribution in [2.75, 3.05) is 21.1 Å². The van der Waals surface area contributed by atoms with Crippen LogP contribution in [0, 0.1) is 0 Å². The number of hydrogen-bond acceptors (Lipinski definition) is 0. The van der Waals surface area contributed by atoms with Crippen LogP contribution in [0.2, 0.25) is 0 Å². The van der Waals surface area contributed by atoms with Gasteiger partial charge >= 0.3 is 44.0 Å². The maximum atomic E-state index is 5.03. The molecule has 0 aliphatic rings. The minimum absolute atomic E-state index is 1.42. The predicted octanol–water partition coefficient (Wildman–Crippen LogP) is 0.827. The molecule has 0 saturated carbocycles. The summed E-state index contributed by atoms with van der Waals surface area (Å²) in [6.45, 7) is 0. The Morgan fingerprint density at radius 1 is 1.00 bits per heavy atom. The van der Waals surface area contributed by atoms with E-state index in [0.29, 0.717) is 0 Å². The topological polar surface area (TPSA) is 4.44 Å². The van der Waals surface area contributed by atoms with Gasteiger partial charge in [0, 0.05) is 0 Å². The summed E-state index contributed by atoms with van der Waals surface area (Å²) in [4.78, 5) is 1.42. The minimum atomic E-state index is -2.31. The van der Waals surface area contributed by atoms with Gasteiger partial charge in [0.2, 0.25) is 0 Å². The molecule has 0 aromatic rings. The van der Waals surface area contributed by atoms with E-state index in [0.717, 1.165) is 0 Å².